The second-order valence-corrected chi connectivity index (χ2v) is 4.44. The lowest BCUT2D eigenvalue weighted by Crippen LogP contribution is -2.44. The summed E-state index contributed by atoms with van der Waals surface area (Å²) in [5.41, 5.74) is 1.36. The Hall–Kier alpha value is -1.06. The lowest BCUT2D eigenvalue weighted by Gasteiger charge is -2.26. The van der Waals surface area contributed by atoms with Gasteiger partial charge >= 0.3 is 0 Å². The van der Waals surface area contributed by atoms with Crippen LogP contribution in [0.2, 0.25) is 0 Å². The van der Waals surface area contributed by atoms with Crippen LogP contribution in [0.4, 0.5) is 0 Å². The number of benzene rings is 1. The van der Waals surface area contributed by atoms with Crippen molar-refractivity contribution in [1.82, 2.24) is 10.2 Å². The van der Waals surface area contributed by atoms with Gasteiger partial charge in [0, 0.05) is 32.7 Å². The normalized spacial score (nSPS) is 17.0. The van der Waals surface area contributed by atoms with Crippen molar-refractivity contribution >= 4 is 0 Å². The minimum absolute atomic E-state index is 0.783. The summed E-state index contributed by atoms with van der Waals surface area (Å²) in [6.45, 7) is 8.45. The summed E-state index contributed by atoms with van der Waals surface area (Å²) in [4.78, 5) is 2.44. The molecule has 0 atom stereocenters. The zero-order valence-corrected chi connectivity index (χ0v) is 10.6. The number of nitrogens with zero attached hydrogens (tertiary/aromatic N) is 1. The summed E-state index contributed by atoms with van der Waals surface area (Å²) in [6.07, 6.45) is 1.08. The topological polar surface area (TPSA) is 24.5 Å². The zero-order valence-electron chi connectivity index (χ0n) is 10.6. The number of hydrogen-bond acceptors (Lipinski definition) is 3. The molecule has 1 aromatic carbocycles. The van der Waals surface area contributed by atoms with Gasteiger partial charge in [0.1, 0.15) is 12.4 Å². The fourth-order valence-corrected chi connectivity index (χ4v) is 2.05. The van der Waals surface area contributed by atoms with Crippen molar-refractivity contribution in [3.8, 4) is 5.75 Å². The van der Waals surface area contributed by atoms with E-state index in [1.54, 1.807) is 0 Å². The first-order valence-electron chi connectivity index (χ1n) is 6.53. The lowest BCUT2D eigenvalue weighted by atomic mass is 10.2. The maximum atomic E-state index is 5.75. The van der Waals surface area contributed by atoms with Crippen molar-refractivity contribution in [3.05, 3.63) is 29.8 Å². The first kappa shape index (κ1) is 12.4. The summed E-state index contributed by atoms with van der Waals surface area (Å²) in [5.74, 6) is 0.984. The first-order valence-corrected chi connectivity index (χ1v) is 6.53. The molecule has 0 bridgehead atoms. The molecule has 3 nitrogen and oxygen atoms in total. The molecule has 0 aliphatic carbocycles. The second-order valence-electron chi connectivity index (χ2n) is 4.44. The van der Waals surface area contributed by atoms with Gasteiger partial charge in [-0.15, -0.1) is 0 Å². The van der Waals surface area contributed by atoms with E-state index in [-0.39, 0.29) is 0 Å². The number of hydrogen-bond donors (Lipinski definition) is 1. The maximum Gasteiger partial charge on any atom is 0.119 e. The van der Waals surface area contributed by atoms with Crippen LogP contribution < -0.4 is 10.1 Å². The summed E-state index contributed by atoms with van der Waals surface area (Å²) < 4.78 is 5.75. The van der Waals surface area contributed by atoms with E-state index in [0.717, 1.165) is 51.5 Å². The molecule has 17 heavy (non-hydrogen) atoms. The van der Waals surface area contributed by atoms with Crippen LogP contribution in [0, 0.1) is 0 Å². The molecule has 1 aliphatic rings. The fourth-order valence-electron chi connectivity index (χ4n) is 2.05. The van der Waals surface area contributed by atoms with E-state index in [4.69, 9.17) is 4.74 Å². The van der Waals surface area contributed by atoms with Gasteiger partial charge in [-0.05, 0) is 24.1 Å². The SMILES string of the molecule is CCc1ccc(OCCN2CCNCC2)cc1. The standard InChI is InChI=1S/C14H22N2O/c1-2-13-3-5-14(6-4-13)17-12-11-16-9-7-15-8-10-16/h3-6,15H,2,7-12H2,1H3. The molecule has 1 fully saturated rings. The fraction of sp³-hybridized carbons (Fsp3) is 0.571. The number of nitrogens with one attached hydrogen (secondary N) is 1. The molecule has 3 heteroatoms. The molecule has 0 amide bonds. The van der Waals surface area contributed by atoms with Crippen LogP contribution in [0.15, 0.2) is 24.3 Å². The number of aryl methyl sites for hydroxylation is 1. The summed E-state index contributed by atoms with van der Waals surface area (Å²) in [7, 11) is 0. The Kier molecular flexibility index (Phi) is 4.83. The Morgan fingerprint density at radius 1 is 1.18 bits per heavy atom. The molecule has 1 aliphatic heterocycles. The van der Waals surface area contributed by atoms with Crippen LogP contribution in [-0.4, -0.2) is 44.2 Å². The predicted octanol–water partition coefficient (Wildman–Crippen LogP) is 1.53. The van der Waals surface area contributed by atoms with E-state index in [1.165, 1.54) is 5.56 Å². The van der Waals surface area contributed by atoms with Crippen LogP contribution in [0.3, 0.4) is 0 Å². The Morgan fingerprint density at radius 2 is 1.88 bits per heavy atom. The zero-order chi connectivity index (χ0) is 11.9. The Balaban J connectivity index is 1.69. The average Bonchev–Trinajstić information content (AvgIpc) is 2.41. The minimum atomic E-state index is 0.783. The summed E-state index contributed by atoms with van der Waals surface area (Å²) >= 11 is 0. The molecule has 0 aromatic heterocycles. The monoisotopic (exact) mass is 234 g/mol. The van der Waals surface area contributed by atoms with Crippen LogP contribution >= 0.6 is 0 Å². The minimum Gasteiger partial charge on any atom is -0.492 e. The molecule has 94 valence electrons. The molecular weight excluding hydrogens is 212 g/mol. The largest absolute Gasteiger partial charge is 0.492 e. The molecule has 1 aromatic rings. The highest BCUT2D eigenvalue weighted by atomic mass is 16.5. The predicted molar refractivity (Wildman–Crippen MR) is 70.6 cm³/mol. The van der Waals surface area contributed by atoms with E-state index in [1.807, 2.05) is 0 Å². The van der Waals surface area contributed by atoms with Gasteiger partial charge in [-0.3, -0.25) is 4.90 Å². The quantitative estimate of drug-likeness (QED) is 0.836. The van der Waals surface area contributed by atoms with Gasteiger partial charge in [-0.2, -0.15) is 0 Å². The van der Waals surface area contributed by atoms with Gasteiger partial charge < -0.3 is 10.1 Å². The van der Waals surface area contributed by atoms with E-state index >= 15 is 0 Å². The second kappa shape index (κ2) is 6.62. The van der Waals surface area contributed by atoms with Gasteiger partial charge in [0.15, 0.2) is 0 Å². The number of rotatable bonds is 5. The molecule has 0 radical (unpaired) electrons. The van der Waals surface area contributed by atoms with Crippen molar-refractivity contribution in [3.63, 3.8) is 0 Å². The van der Waals surface area contributed by atoms with Gasteiger partial charge in [0.05, 0.1) is 0 Å². The third-order valence-electron chi connectivity index (χ3n) is 3.22. The average molecular weight is 234 g/mol. The Labute approximate surface area is 104 Å². The molecule has 1 saturated heterocycles. The highest BCUT2D eigenvalue weighted by Crippen LogP contribution is 2.12. The molecule has 0 unspecified atom stereocenters. The van der Waals surface area contributed by atoms with Crippen molar-refractivity contribution in [2.24, 2.45) is 0 Å². The van der Waals surface area contributed by atoms with E-state index in [0.29, 0.717) is 0 Å². The first-order chi connectivity index (χ1) is 8.38. The molecule has 0 saturated carbocycles. The van der Waals surface area contributed by atoms with Crippen molar-refractivity contribution in [2.75, 3.05) is 39.3 Å². The van der Waals surface area contributed by atoms with Crippen molar-refractivity contribution < 1.29 is 4.74 Å². The number of ether oxygens (including phenoxy) is 1. The number of piperazine rings is 1. The van der Waals surface area contributed by atoms with Gasteiger partial charge in [0.2, 0.25) is 0 Å². The maximum absolute atomic E-state index is 5.75. The van der Waals surface area contributed by atoms with Crippen LogP contribution in [0.1, 0.15) is 12.5 Å². The molecule has 1 heterocycles. The van der Waals surface area contributed by atoms with Gasteiger partial charge in [-0.25, -0.2) is 0 Å². The van der Waals surface area contributed by atoms with Crippen LogP contribution in [0.5, 0.6) is 5.75 Å². The highest BCUT2D eigenvalue weighted by molar-refractivity contribution is 5.27. The molecule has 0 spiro atoms. The van der Waals surface area contributed by atoms with Gasteiger partial charge in [0.25, 0.3) is 0 Å². The van der Waals surface area contributed by atoms with Crippen molar-refractivity contribution in [2.45, 2.75) is 13.3 Å². The lowest BCUT2D eigenvalue weighted by molar-refractivity contribution is 0.191. The summed E-state index contributed by atoms with van der Waals surface area (Å²) in [5, 5.41) is 3.35. The third kappa shape index (κ3) is 4.02. The Bertz CT molecular complexity index is 317. The van der Waals surface area contributed by atoms with E-state index in [9.17, 15) is 0 Å². The van der Waals surface area contributed by atoms with Crippen LogP contribution in [0.25, 0.3) is 0 Å². The highest BCUT2D eigenvalue weighted by Gasteiger charge is 2.08. The Morgan fingerprint density at radius 3 is 2.53 bits per heavy atom. The molecule has 1 N–H and O–H groups in total. The van der Waals surface area contributed by atoms with Gasteiger partial charge in [-0.1, -0.05) is 19.1 Å². The molecule has 2 rings (SSSR count). The van der Waals surface area contributed by atoms with Crippen LogP contribution in [-0.2, 0) is 6.42 Å². The van der Waals surface area contributed by atoms with E-state index in [2.05, 4.69) is 41.4 Å². The van der Waals surface area contributed by atoms with Crippen molar-refractivity contribution in [1.29, 1.82) is 0 Å². The van der Waals surface area contributed by atoms with E-state index < -0.39 is 0 Å². The summed E-state index contributed by atoms with van der Waals surface area (Å²) in [6, 6.07) is 8.41. The molecular formula is C14H22N2O. The third-order valence-corrected chi connectivity index (χ3v) is 3.22. The smallest absolute Gasteiger partial charge is 0.119 e.